The van der Waals surface area contributed by atoms with E-state index in [4.69, 9.17) is 0 Å². The Labute approximate surface area is 127 Å². The summed E-state index contributed by atoms with van der Waals surface area (Å²) >= 11 is 0. The number of benzene rings is 1. The Balaban J connectivity index is 1.66. The second-order valence-corrected chi connectivity index (χ2v) is 5.41. The van der Waals surface area contributed by atoms with Crippen LogP contribution in [0.2, 0.25) is 0 Å². The van der Waals surface area contributed by atoms with Crippen LogP contribution in [0.4, 0.5) is 8.78 Å². The highest BCUT2D eigenvalue weighted by Gasteiger charge is 2.43. The summed E-state index contributed by atoms with van der Waals surface area (Å²) < 4.78 is 24.9. The lowest BCUT2D eigenvalue weighted by atomic mass is 10.1. The van der Waals surface area contributed by atoms with Crippen molar-refractivity contribution < 1.29 is 13.6 Å². The normalized spacial score (nSPS) is 19.7. The summed E-state index contributed by atoms with van der Waals surface area (Å²) in [4.78, 5) is 16.1. The van der Waals surface area contributed by atoms with Crippen LogP contribution in [0.5, 0.6) is 0 Å². The quantitative estimate of drug-likeness (QED) is 0.922. The third-order valence-corrected chi connectivity index (χ3v) is 3.88. The van der Waals surface area contributed by atoms with Crippen molar-refractivity contribution in [2.75, 3.05) is 13.2 Å². The number of rotatable bonds is 5. The Morgan fingerprint density at radius 1 is 1.23 bits per heavy atom. The Kier molecular flexibility index (Phi) is 4.13. The molecule has 1 aromatic carbocycles. The maximum atomic E-state index is 12.9. The van der Waals surface area contributed by atoms with Crippen LogP contribution < -0.4 is 5.32 Å². The minimum absolute atomic E-state index is 0.0732. The minimum atomic E-state index is -0.545. The largest absolute Gasteiger partial charge is 0.353 e. The number of aromatic nitrogens is 1. The fourth-order valence-corrected chi connectivity index (χ4v) is 2.57. The second kappa shape index (κ2) is 6.22. The first-order chi connectivity index (χ1) is 10.7. The van der Waals surface area contributed by atoms with Gasteiger partial charge in [0.1, 0.15) is 12.5 Å². The van der Waals surface area contributed by atoms with E-state index < -0.39 is 6.67 Å². The van der Waals surface area contributed by atoms with Crippen molar-refractivity contribution in [3.8, 4) is 11.3 Å². The number of halogens is 2. The van der Waals surface area contributed by atoms with Crippen molar-refractivity contribution >= 4 is 5.91 Å². The summed E-state index contributed by atoms with van der Waals surface area (Å²) in [6.07, 6.45) is 2.53. The van der Waals surface area contributed by atoms with Crippen molar-refractivity contribution in [2.45, 2.75) is 12.3 Å². The zero-order chi connectivity index (χ0) is 15.5. The van der Waals surface area contributed by atoms with Gasteiger partial charge in [-0.1, -0.05) is 6.07 Å². The summed E-state index contributed by atoms with van der Waals surface area (Å²) in [5, 5.41) is 2.57. The van der Waals surface area contributed by atoms with Gasteiger partial charge in [-0.3, -0.25) is 9.78 Å². The second-order valence-electron chi connectivity index (χ2n) is 5.41. The van der Waals surface area contributed by atoms with E-state index in [-0.39, 0.29) is 30.1 Å². The molecule has 1 saturated carbocycles. The van der Waals surface area contributed by atoms with Gasteiger partial charge in [-0.25, -0.2) is 8.78 Å². The maximum absolute atomic E-state index is 12.9. The number of hydrogen-bond acceptors (Lipinski definition) is 2. The van der Waals surface area contributed by atoms with Gasteiger partial charge in [0.25, 0.3) is 0 Å². The summed E-state index contributed by atoms with van der Waals surface area (Å²) in [5.74, 6) is -0.287. The Hall–Kier alpha value is -2.30. The highest BCUT2D eigenvalue weighted by atomic mass is 19.1. The van der Waals surface area contributed by atoms with Gasteiger partial charge in [0.05, 0.1) is 5.69 Å². The molecule has 2 atom stereocenters. The molecule has 1 aliphatic carbocycles. The molecule has 0 unspecified atom stereocenters. The van der Waals surface area contributed by atoms with Crippen molar-refractivity contribution in [3.05, 3.63) is 54.0 Å². The van der Waals surface area contributed by atoms with Crippen LogP contribution in [-0.4, -0.2) is 24.1 Å². The number of carbonyl (C=O) groups is 1. The van der Waals surface area contributed by atoms with E-state index in [0.29, 0.717) is 0 Å². The lowest BCUT2D eigenvalue weighted by molar-refractivity contribution is -0.122. The number of nitrogens with zero attached hydrogens (tertiary/aromatic N) is 1. The number of hydrogen-bond donors (Lipinski definition) is 1. The van der Waals surface area contributed by atoms with Crippen LogP contribution in [0.1, 0.15) is 17.9 Å². The van der Waals surface area contributed by atoms with Gasteiger partial charge in [-0.05, 0) is 48.2 Å². The van der Waals surface area contributed by atoms with Crippen LogP contribution in [0.15, 0.2) is 42.6 Å². The molecule has 22 heavy (non-hydrogen) atoms. The highest BCUT2D eigenvalue weighted by molar-refractivity contribution is 5.82. The molecule has 0 aliphatic heterocycles. The van der Waals surface area contributed by atoms with Crippen molar-refractivity contribution in [3.63, 3.8) is 0 Å². The average molecular weight is 302 g/mol. The summed E-state index contributed by atoms with van der Waals surface area (Å²) in [5.41, 5.74) is 2.62. The lowest BCUT2D eigenvalue weighted by Crippen LogP contribution is -2.27. The van der Waals surface area contributed by atoms with Gasteiger partial charge in [-0.2, -0.15) is 0 Å². The van der Waals surface area contributed by atoms with Crippen molar-refractivity contribution in [1.82, 2.24) is 10.3 Å². The fraction of sp³-hybridized carbons (Fsp3) is 0.294. The molecular formula is C17H16F2N2O. The number of carbonyl (C=O) groups excluding carboxylic acids is 1. The van der Waals surface area contributed by atoms with Gasteiger partial charge in [0, 0.05) is 24.2 Å². The molecule has 1 aromatic heterocycles. The first-order valence-electron chi connectivity index (χ1n) is 7.24. The van der Waals surface area contributed by atoms with Gasteiger partial charge >= 0.3 is 0 Å². The highest BCUT2D eigenvalue weighted by Crippen LogP contribution is 2.47. The molecule has 1 heterocycles. The molecular weight excluding hydrogens is 286 g/mol. The van der Waals surface area contributed by atoms with E-state index in [1.54, 1.807) is 18.3 Å². The Morgan fingerprint density at radius 3 is 2.64 bits per heavy atom. The number of pyridine rings is 1. The predicted molar refractivity (Wildman–Crippen MR) is 79.5 cm³/mol. The van der Waals surface area contributed by atoms with E-state index in [1.807, 2.05) is 12.1 Å². The minimum Gasteiger partial charge on any atom is -0.353 e. The third kappa shape index (κ3) is 3.13. The van der Waals surface area contributed by atoms with E-state index in [2.05, 4.69) is 10.3 Å². The van der Waals surface area contributed by atoms with E-state index in [9.17, 15) is 13.6 Å². The molecule has 0 spiro atoms. The molecule has 5 heteroatoms. The molecule has 114 valence electrons. The zero-order valence-electron chi connectivity index (χ0n) is 11.9. The number of amides is 1. The molecule has 1 amide bonds. The SMILES string of the molecule is O=C(NCCF)[C@H]1C[C@@H]1c1ccc(-c2ccc(F)cc2)nc1. The molecule has 1 fully saturated rings. The van der Waals surface area contributed by atoms with Crippen LogP contribution in [0.3, 0.4) is 0 Å². The summed E-state index contributed by atoms with van der Waals surface area (Å²) in [7, 11) is 0. The standard InChI is InChI=1S/C17H16F2N2O/c18-7-8-20-17(22)15-9-14(15)12-3-6-16(21-10-12)11-1-4-13(19)5-2-11/h1-6,10,14-15H,7-9H2,(H,20,22)/t14-,15+/m1/s1. The lowest BCUT2D eigenvalue weighted by Gasteiger charge is -2.04. The number of alkyl halides is 1. The smallest absolute Gasteiger partial charge is 0.223 e. The van der Waals surface area contributed by atoms with Crippen LogP contribution in [0.25, 0.3) is 11.3 Å². The van der Waals surface area contributed by atoms with Gasteiger partial charge in [0.2, 0.25) is 5.91 Å². The molecule has 3 nitrogen and oxygen atoms in total. The predicted octanol–water partition coefficient (Wildman–Crippen LogP) is 3.08. The zero-order valence-corrected chi connectivity index (χ0v) is 11.9. The maximum Gasteiger partial charge on any atom is 0.223 e. The van der Waals surface area contributed by atoms with E-state index >= 15 is 0 Å². The fourth-order valence-electron chi connectivity index (χ4n) is 2.57. The average Bonchev–Trinajstić information content (AvgIpc) is 3.34. The van der Waals surface area contributed by atoms with Gasteiger partial charge in [-0.15, -0.1) is 0 Å². The van der Waals surface area contributed by atoms with Crippen molar-refractivity contribution in [2.24, 2.45) is 5.92 Å². The molecule has 2 aromatic rings. The van der Waals surface area contributed by atoms with E-state index in [1.165, 1.54) is 12.1 Å². The molecule has 1 aliphatic rings. The molecule has 0 radical (unpaired) electrons. The third-order valence-electron chi connectivity index (χ3n) is 3.88. The van der Waals surface area contributed by atoms with Crippen LogP contribution >= 0.6 is 0 Å². The van der Waals surface area contributed by atoms with Gasteiger partial charge in [0.15, 0.2) is 0 Å². The molecule has 3 rings (SSSR count). The Morgan fingerprint density at radius 2 is 2.00 bits per heavy atom. The molecule has 1 N–H and O–H groups in total. The van der Waals surface area contributed by atoms with E-state index in [0.717, 1.165) is 23.2 Å². The number of nitrogens with one attached hydrogen (secondary N) is 1. The topological polar surface area (TPSA) is 42.0 Å². The van der Waals surface area contributed by atoms with Crippen LogP contribution in [0, 0.1) is 11.7 Å². The van der Waals surface area contributed by atoms with Gasteiger partial charge < -0.3 is 5.32 Å². The molecule has 0 saturated heterocycles. The summed E-state index contributed by atoms with van der Waals surface area (Å²) in [6, 6.07) is 9.98. The molecule has 0 bridgehead atoms. The monoisotopic (exact) mass is 302 g/mol. The Bertz CT molecular complexity index is 655. The first-order valence-corrected chi connectivity index (χ1v) is 7.24. The van der Waals surface area contributed by atoms with Crippen LogP contribution in [-0.2, 0) is 4.79 Å². The van der Waals surface area contributed by atoms with Crippen molar-refractivity contribution in [1.29, 1.82) is 0 Å². The summed E-state index contributed by atoms with van der Waals surface area (Å²) in [6.45, 7) is -0.471. The first kappa shape index (κ1) is 14.6.